The van der Waals surface area contributed by atoms with Crippen molar-refractivity contribution in [2.45, 2.75) is 24.6 Å². The number of hydrogen-bond acceptors (Lipinski definition) is 5. The Morgan fingerprint density at radius 3 is 2.62 bits per heavy atom. The third-order valence-electron chi connectivity index (χ3n) is 2.39. The summed E-state index contributed by atoms with van der Waals surface area (Å²) in [5, 5.41) is 3.27. The van der Waals surface area contributed by atoms with E-state index in [2.05, 4.69) is 14.7 Å². The second-order valence-corrected chi connectivity index (χ2v) is 3.73. The molecule has 0 radical (unpaired) electrons. The lowest BCUT2D eigenvalue weighted by molar-refractivity contribution is -0.159. The largest absolute Gasteiger partial charge is 0.471 e. The van der Waals surface area contributed by atoms with E-state index in [9.17, 15) is 13.2 Å². The Bertz CT molecular complexity index is 371. The molecule has 0 aromatic carbocycles. The highest BCUT2D eigenvalue weighted by Gasteiger charge is 2.42. The average Bonchev–Trinajstić information content (AvgIpc) is 2.67. The van der Waals surface area contributed by atoms with Gasteiger partial charge in [0.25, 0.3) is 0 Å². The Labute approximate surface area is 88.8 Å². The molecule has 90 valence electrons. The van der Waals surface area contributed by atoms with Gasteiger partial charge in [-0.25, -0.2) is 0 Å². The van der Waals surface area contributed by atoms with Crippen molar-refractivity contribution in [1.29, 1.82) is 0 Å². The topological polar surface area (TPSA) is 74.2 Å². The van der Waals surface area contributed by atoms with E-state index < -0.39 is 17.6 Å². The van der Waals surface area contributed by atoms with Crippen LogP contribution in [0.1, 0.15) is 24.6 Å². The van der Waals surface area contributed by atoms with Gasteiger partial charge in [-0.1, -0.05) is 5.16 Å². The summed E-state index contributed by atoms with van der Waals surface area (Å²) in [6.07, 6.45) is -3.51. The molecule has 2 rings (SSSR count). The van der Waals surface area contributed by atoms with E-state index in [1.54, 1.807) is 0 Å². The van der Waals surface area contributed by atoms with Crippen LogP contribution in [0.25, 0.3) is 0 Å². The van der Waals surface area contributed by atoms with Gasteiger partial charge in [-0.3, -0.25) is 0 Å². The smallest absolute Gasteiger partial charge is 0.379 e. The summed E-state index contributed by atoms with van der Waals surface area (Å²) in [6, 6.07) is 0. The van der Waals surface area contributed by atoms with Crippen LogP contribution < -0.4 is 5.73 Å². The van der Waals surface area contributed by atoms with Crippen LogP contribution in [-0.2, 0) is 16.5 Å². The van der Waals surface area contributed by atoms with Crippen molar-refractivity contribution >= 4 is 0 Å². The summed E-state index contributed by atoms with van der Waals surface area (Å²) >= 11 is 0. The van der Waals surface area contributed by atoms with Crippen LogP contribution in [0.3, 0.4) is 0 Å². The molecule has 8 heteroatoms. The first kappa shape index (κ1) is 11.3. The maximum Gasteiger partial charge on any atom is 0.471 e. The summed E-state index contributed by atoms with van der Waals surface area (Å²) in [5.41, 5.74) is 4.78. The Kier molecular flexibility index (Phi) is 2.62. The fraction of sp³-hybridized carbons (Fsp3) is 0.750. The minimum atomic E-state index is -4.64. The highest BCUT2D eigenvalue weighted by molar-refractivity contribution is 5.06. The van der Waals surface area contributed by atoms with Crippen molar-refractivity contribution in [3.8, 4) is 0 Å². The molecule has 0 bridgehead atoms. The molecular formula is C8H10F3N3O2. The Morgan fingerprint density at radius 1 is 1.38 bits per heavy atom. The lowest BCUT2D eigenvalue weighted by Gasteiger charge is -2.29. The summed E-state index contributed by atoms with van der Waals surface area (Å²) in [6.45, 7) is 0.646. The quantitative estimate of drug-likeness (QED) is 0.790. The third kappa shape index (κ3) is 2.03. The lowest BCUT2D eigenvalue weighted by atomic mass is 9.93. The summed E-state index contributed by atoms with van der Waals surface area (Å²) < 4.78 is 45.9. The predicted octanol–water partition coefficient (Wildman–Crippen LogP) is 1.05. The molecule has 16 heavy (non-hydrogen) atoms. The summed E-state index contributed by atoms with van der Waals surface area (Å²) in [7, 11) is 0. The van der Waals surface area contributed by atoms with Crippen molar-refractivity contribution in [3.63, 3.8) is 0 Å². The Balaban J connectivity index is 2.24. The molecule has 0 aliphatic carbocycles. The molecule has 1 aliphatic rings. The molecule has 1 fully saturated rings. The van der Waals surface area contributed by atoms with Gasteiger partial charge in [-0.15, -0.1) is 0 Å². The molecule has 5 nitrogen and oxygen atoms in total. The van der Waals surface area contributed by atoms with Crippen molar-refractivity contribution in [2.24, 2.45) is 5.73 Å². The first-order valence-corrected chi connectivity index (χ1v) is 4.70. The zero-order valence-electron chi connectivity index (χ0n) is 8.25. The van der Waals surface area contributed by atoms with E-state index in [0.29, 0.717) is 19.4 Å². The number of aromatic nitrogens is 2. The molecule has 0 saturated carbocycles. The molecule has 1 aliphatic heterocycles. The number of ether oxygens (including phenoxy) is 1. The van der Waals surface area contributed by atoms with Crippen molar-refractivity contribution in [1.82, 2.24) is 10.1 Å². The van der Waals surface area contributed by atoms with Crippen molar-refractivity contribution in [2.75, 3.05) is 13.2 Å². The number of rotatable bonds is 1. The van der Waals surface area contributed by atoms with Crippen LogP contribution in [-0.4, -0.2) is 23.4 Å². The molecule has 2 heterocycles. The van der Waals surface area contributed by atoms with Crippen molar-refractivity contribution in [3.05, 3.63) is 11.7 Å². The molecule has 1 aromatic heterocycles. The number of nitrogens with two attached hydrogens (primary N) is 1. The second-order valence-electron chi connectivity index (χ2n) is 3.73. The van der Waals surface area contributed by atoms with Gasteiger partial charge in [0.15, 0.2) is 5.82 Å². The van der Waals surface area contributed by atoms with E-state index in [-0.39, 0.29) is 12.4 Å². The number of halogens is 3. The molecule has 1 unspecified atom stereocenters. The number of nitrogens with zero attached hydrogens (tertiary/aromatic N) is 2. The molecule has 1 aromatic rings. The normalized spacial score (nSPS) is 27.0. The maximum atomic E-state index is 12.2. The van der Waals surface area contributed by atoms with Gasteiger partial charge < -0.3 is 15.0 Å². The highest BCUT2D eigenvalue weighted by Crippen LogP contribution is 2.31. The van der Waals surface area contributed by atoms with Crippen LogP contribution in [0.2, 0.25) is 0 Å². The lowest BCUT2D eigenvalue weighted by Crippen LogP contribution is -2.45. The predicted molar refractivity (Wildman–Crippen MR) is 45.2 cm³/mol. The van der Waals surface area contributed by atoms with Gasteiger partial charge in [0.1, 0.15) is 5.54 Å². The van der Waals surface area contributed by atoms with E-state index in [1.165, 1.54) is 0 Å². The van der Waals surface area contributed by atoms with Gasteiger partial charge in [0, 0.05) is 6.61 Å². The molecule has 0 spiro atoms. The fourth-order valence-electron chi connectivity index (χ4n) is 1.53. The monoisotopic (exact) mass is 237 g/mol. The summed E-state index contributed by atoms with van der Waals surface area (Å²) in [5.74, 6) is -1.53. The highest BCUT2D eigenvalue weighted by atomic mass is 19.4. The van der Waals surface area contributed by atoms with Crippen LogP contribution in [0.15, 0.2) is 4.52 Å². The number of hydrogen-bond donors (Lipinski definition) is 1. The third-order valence-corrected chi connectivity index (χ3v) is 2.39. The number of alkyl halides is 3. The first-order chi connectivity index (χ1) is 7.42. The molecule has 0 amide bonds. The van der Waals surface area contributed by atoms with Crippen LogP contribution >= 0.6 is 0 Å². The minimum absolute atomic E-state index is 0.101. The van der Waals surface area contributed by atoms with Gasteiger partial charge in [-0.05, 0) is 12.8 Å². The minimum Gasteiger partial charge on any atom is -0.379 e. The second kappa shape index (κ2) is 3.70. The van der Waals surface area contributed by atoms with Crippen molar-refractivity contribution < 1.29 is 22.4 Å². The van der Waals surface area contributed by atoms with E-state index >= 15 is 0 Å². The zero-order chi connectivity index (χ0) is 11.8. The molecule has 1 saturated heterocycles. The summed E-state index contributed by atoms with van der Waals surface area (Å²) in [4.78, 5) is 3.27. The van der Waals surface area contributed by atoms with E-state index in [4.69, 9.17) is 10.5 Å². The first-order valence-electron chi connectivity index (χ1n) is 4.70. The standard InChI is InChI=1S/C8H10F3N3O2/c9-8(10,11)6-13-5(14-16-6)7(12)2-1-3-15-4-7/h1-4,12H2. The van der Waals surface area contributed by atoms with E-state index in [1.807, 2.05) is 0 Å². The van der Waals surface area contributed by atoms with Crippen LogP contribution in [0, 0.1) is 0 Å². The van der Waals surface area contributed by atoms with Gasteiger partial charge in [-0.2, -0.15) is 18.2 Å². The van der Waals surface area contributed by atoms with Gasteiger partial charge >= 0.3 is 12.1 Å². The van der Waals surface area contributed by atoms with E-state index in [0.717, 1.165) is 0 Å². The Morgan fingerprint density at radius 2 is 2.12 bits per heavy atom. The Hall–Kier alpha value is -1.15. The van der Waals surface area contributed by atoms with Gasteiger partial charge in [0.05, 0.1) is 6.61 Å². The SMILES string of the molecule is NC1(c2noc(C(F)(F)F)n2)CCCOC1. The van der Waals surface area contributed by atoms with Crippen LogP contribution in [0.4, 0.5) is 13.2 Å². The zero-order valence-corrected chi connectivity index (χ0v) is 8.25. The molecular weight excluding hydrogens is 227 g/mol. The molecule has 2 N–H and O–H groups in total. The van der Waals surface area contributed by atoms with Crippen LogP contribution in [0.5, 0.6) is 0 Å². The maximum absolute atomic E-state index is 12.2. The fourth-order valence-corrected chi connectivity index (χ4v) is 1.53. The average molecular weight is 237 g/mol. The molecule has 1 atom stereocenters. The van der Waals surface area contributed by atoms with Gasteiger partial charge in [0.2, 0.25) is 0 Å².